The quantitative estimate of drug-likeness (QED) is 0.366. The van der Waals surface area contributed by atoms with Gasteiger partial charge in [-0.05, 0) is 72.9 Å². The number of aryl methyl sites for hydroxylation is 3. The van der Waals surface area contributed by atoms with Crippen LogP contribution in [-0.2, 0) is 24.1 Å². The summed E-state index contributed by atoms with van der Waals surface area (Å²) in [6.45, 7) is 4.01. The van der Waals surface area contributed by atoms with Crippen LogP contribution in [-0.4, -0.2) is 15.5 Å². The molecule has 0 unspecified atom stereocenters. The topological polar surface area (TPSA) is 64.0 Å². The molecule has 0 spiro atoms. The van der Waals surface area contributed by atoms with Gasteiger partial charge in [0.1, 0.15) is 10.9 Å². The van der Waals surface area contributed by atoms with Crippen LogP contribution in [0.2, 0.25) is 0 Å². The van der Waals surface area contributed by atoms with Crippen molar-refractivity contribution in [2.24, 2.45) is 0 Å². The fourth-order valence-corrected chi connectivity index (χ4v) is 5.75. The first-order valence-electron chi connectivity index (χ1n) is 12.1. The van der Waals surface area contributed by atoms with Gasteiger partial charge in [0, 0.05) is 16.6 Å². The maximum atomic E-state index is 13.7. The Morgan fingerprint density at radius 2 is 1.85 bits per heavy atom. The number of nitrogens with one attached hydrogen (secondary N) is 1. The molecule has 1 aliphatic rings. The van der Waals surface area contributed by atoms with Crippen molar-refractivity contribution in [3.63, 3.8) is 0 Å². The molecule has 0 saturated heterocycles. The first-order valence-corrected chi connectivity index (χ1v) is 13.0. The van der Waals surface area contributed by atoms with Crippen molar-refractivity contribution >= 4 is 33.1 Å². The van der Waals surface area contributed by atoms with Gasteiger partial charge < -0.3 is 5.32 Å². The van der Waals surface area contributed by atoms with Crippen LogP contribution in [0.3, 0.4) is 0 Å². The van der Waals surface area contributed by atoms with Crippen molar-refractivity contribution in [3.05, 3.63) is 81.2 Å². The van der Waals surface area contributed by atoms with E-state index in [0.717, 1.165) is 36.1 Å². The number of benzene rings is 2. The molecule has 0 saturated carbocycles. The summed E-state index contributed by atoms with van der Waals surface area (Å²) >= 11 is 1.48. The van der Waals surface area contributed by atoms with E-state index >= 15 is 0 Å². The maximum absolute atomic E-state index is 13.7. The molecule has 1 amide bonds. The number of hydrogen-bond acceptors (Lipinski definition) is 4. The van der Waals surface area contributed by atoms with Crippen LogP contribution < -0.4 is 10.9 Å². The highest BCUT2D eigenvalue weighted by Gasteiger charge is 2.23. The van der Waals surface area contributed by atoms with Crippen molar-refractivity contribution in [1.29, 1.82) is 0 Å². The lowest BCUT2D eigenvalue weighted by atomic mass is 9.89. The SMILES string of the molecule is CCc1ccc(NC(=O)[C@H](CC)n2cnc3scc(-c4ccc5c(c4)CCCC5)c3c2=O)cc1. The van der Waals surface area contributed by atoms with Crippen LogP contribution >= 0.6 is 11.3 Å². The summed E-state index contributed by atoms with van der Waals surface area (Å²) in [4.78, 5) is 32.1. The number of hydrogen-bond donors (Lipinski definition) is 1. The number of amides is 1. The molecule has 2 aromatic heterocycles. The molecule has 0 aliphatic heterocycles. The van der Waals surface area contributed by atoms with Gasteiger partial charge in [0.25, 0.3) is 5.56 Å². The van der Waals surface area contributed by atoms with Gasteiger partial charge in [-0.25, -0.2) is 4.98 Å². The molecule has 1 N–H and O–H groups in total. The third-order valence-corrected chi connectivity index (χ3v) is 7.72. The predicted octanol–water partition coefficient (Wildman–Crippen LogP) is 6.16. The number of aromatic nitrogens is 2. The monoisotopic (exact) mass is 471 g/mol. The van der Waals surface area contributed by atoms with Crippen LogP contribution in [0.25, 0.3) is 21.3 Å². The van der Waals surface area contributed by atoms with E-state index in [2.05, 4.69) is 35.4 Å². The highest BCUT2D eigenvalue weighted by molar-refractivity contribution is 7.17. The number of carbonyl (C=O) groups is 1. The fourth-order valence-electron chi connectivity index (χ4n) is 4.84. The van der Waals surface area contributed by atoms with Crippen LogP contribution in [0.1, 0.15) is 55.8 Å². The second-order valence-electron chi connectivity index (χ2n) is 8.94. The Balaban J connectivity index is 1.50. The molecule has 0 fully saturated rings. The van der Waals surface area contributed by atoms with E-state index in [0.29, 0.717) is 16.6 Å². The second kappa shape index (κ2) is 9.55. The first kappa shape index (κ1) is 22.5. The zero-order chi connectivity index (χ0) is 23.7. The van der Waals surface area contributed by atoms with Gasteiger partial charge in [-0.1, -0.05) is 44.2 Å². The molecule has 0 bridgehead atoms. The van der Waals surface area contributed by atoms with Crippen molar-refractivity contribution in [2.45, 2.75) is 58.4 Å². The van der Waals surface area contributed by atoms with E-state index in [1.807, 2.05) is 36.6 Å². The summed E-state index contributed by atoms with van der Waals surface area (Å²) < 4.78 is 1.49. The van der Waals surface area contributed by atoms with Gasteiger partial charge in [0.05, 0.1) is 11.7 Å². The minimum Gasteiger partial charge on any atom is -0.324 e. The Morgan fingerprint density at radius 3 is 2.59 bits per heavy atom. The molecule has 0 radical (unpaired) electrons. The minimum absolute atomic E-state index is 0.165. The summed E-state index contributed by atoms with van der Waals surface area (Å²) in [5.41, 5.74) is 6.54. The zero-order valence-electron chi connectivity index (χ0n) is 19.6. The summed E-state index contributed by atoms with van der Waals surface area (Å²) in [7, 11) is 0. The fraction of sp³-hybridized carbons (Fsp3) is 0.321. The van der Waals surface area contributed by atoms with Crippen molar-refractivity contribution < 1.29 is 4.79 Å². The first-order chi connectivity index (χ1) is 16.6. The standard InChI is InChI=1S/C28H29N3O2S/c1-3-18-9-13-22(14-10-18)30-26(32)24(4-2)31-17-29-27-25(28(31)33)23(16-34-27)21-12-11-19-7-5-6-8-20(19)15-21/h9-17,24H,3-8H2,1-2H3,(H,30,32)/t24-/m0/s1. The largest absolute Gasteiger partial charge is 0.324 e. The maximum Gasteiger partial charge on any atom is 0.263 e. The summed E-state index contributed by atoms with van der Waals surface area (Å²) in [5.74, 6) is -0.208. The lowest BCUT2D eigenvalue weighted by Crippen LogP contribution is -2.33. The average molecular weight is 472 g/mol. The minimum atomic E-state index is -0.633. The molecule has 1 aliphatic carbocycles. The lowest BCUT2D eigenvalue weighted by molar-refractivity contribution is -0.119. The molecule has 1 atom stereocenters. The zero-order valence-corrected chi connectivity index (χ0v) is 20.5. The smallest absolute Gasteiger partial charge is 0.263 e. The molecule has 6 heteroatoms. The third-order valence-electron chi connectivity index (χ3n) is 6.83. The van der Waals surface area contributed by atoms with E-state index in [9.17, 15) is 9.59 Å². The number of anilines is 1. The van der Waals surface area contributed by atoms with Gasteiger partial charge >= 0.3 is 0 Å². The third kappa shape index (κ3) is 4.18. The average Bonchev–Trinajstić information content (AvgIpc) is 3.31. The molecule has 174 valence electrons. The summed E-state index contributed by atoms with van der Waals surface area (Å²) in [5, 5.41) is 5.59. The molecule has 34 heavy (non-hydrogen) atoms. The molecule has 2 heterocycles. The summed E-state index contributed by atoms with van der Waals surface area (Å²) in [6, 6.07) is 13.7. The van der Waals surface area contributed by atoms with Gasteiger partial charge in [0.15, 0.2) is 0 Å². The molecule has 5 rings (SSSR count). The van der Waals surface area contributed by atoms with Crippen LogP contribution in [0.15, 0.2) is 59.0 Å². The summed E-state index contributed by atoms with van der Waals surface area (Å²) in [6.07, 6.45) is 7.62. The van der Waals surface area contributed by atoms with Gasteiger partial charge in [-0.15, -0.1) is 11.3 Å². The van der Waals surface area contributed by atoms with Gasteiger partial charge in [0.2, 0.25) is 5.91 Å². The van der Waals surface area contributed by atoms with Gasteiger partial charge in [-0.2, -0.15) is 0 Å². The molecular weight excluding hydrogens is 442 g/mol. The number of fused-ring (bicyclic) bond motifs is 2. The molecule has 5 nitrogen and oxygen atoms in total. The predicted molar refractivity (Wildman–Crippen MR) is 140 cm³/mol. The second-order valence-corrected chi connectivity index (χ2v) is 9.80. The number of rotatable bonds is 6. The Hall–Kier alpha value is -3.25. The van der Waals surface area contributed by atoms with E-state index in [-0.39, 0.29) is 11.5 Å². The molecule has 2 aromatic carbocycles. The Kier molecular flexibility index (Phi) is 6.33. The van der Waals surface area contributed by atoms with E-state index in [1.165, 1.54) is 51.8 Å². The van der Waals surface area contributed by atoms with Crippen molar-refractivity contribution in [1.82, 2.24) is 9.55 Å². The van der Waals surface area contributed by atoms with Crippen LogP contribution in [0.5, 0.6) is 0 Å². The lowest BCUT2D eigenvalue weighted by Gasteiger charge is -2.18. The Morgan fingerprint density at radius 1 is 1.09 bits per heavy atom. The molecule has 4 aromatic rings. The van der Waals surface area contributed by atoms with Gasteiger partial charge in [-0.3, -0.25) is 14.2 Å². The number of carbonyl (C=O) groups excluding carboxylic acids is 1. The van der Waals surface area contributed by atoms with Crippen molar-refractivity contribution in [3.8, 4) is 11.1 Å². The highest BCUT2D eigenvalue weighted by atomic mass is 32.1. The van der Waals surface area contributed by atoms with E-state index in [4.69, 9.17) is 0 Å². The highest BCUT2D eigenvalue weighted by Crippen LogP contribution is 2.34. The van der Waals surface area contributed by atoms with Crippen LogP contribution in [0, 0.1) is 0 Å². The van der Waals surface area contributed by atoms with E-state index < -0.39 is 6.04 Å². The Labute approximate surface area is 203 Å². The van der Waals surface area contributed by atoms with Crippen molar-refractivity contribution in [2.75, 3.05) is 5.32 Å². The van der Waals surface area contributed by atoms with Crippen LogP contribution in [0.4, 0.5) is 5.69 Å². The normalized spacial score (nSPS) is 14.1. The number of thiophene rings is 1. The van der Waals surface area contributed by atoms with E-state index in [1.54, 1.807) is 0 Å². The molecular formula is C28H29N3O2S. The Bertz CT molecular complexity index is 1400. The number of nitrogens with zero attached hydrogens (tertiary/aromatic N) is 2.